The summed E-state index contributed by atoms with van der Waals surface area (Å²) in [5, 5.41) is 0. The van der Waals surface area contributed by atoms with Gasteiger partial charge in [-0.2, -0.15) is 0 Å². The summed E-state index contributed by atoms with van der Waals surface area (Å²) in [6, 6.07) is 4.40. The van der Waals surface area contributed by atoms with Crippen molar-refractivity contribution >= 4 is 23.1 Å². The van der Waals surface area contributed by atoms with Crippen molar-refractivity contribution in [1.29, 1.82) is 0 Å². The number of rotatable bonds is 3. The zero-order chi connectivity index (χ0) is 14.0. The van der Waals surface area contributed by atoms with Crippen LogP contribution in [-0.4, -0.2) is 47.4 Å². The van der Waals surface area contributed by atoms with Gasteiger partial charge >= 0.3 is 0 Å². The van der Waals surface area contributed by atoms with Crippen LogP contribution in [-0.2, 0) is 11.3 Å². The minimum atomic E-state index is -0.360. The van der Waals surface area contributed by atoms with E-state index >= 15 is 0 Å². The van der Waals surface area contributed by atoms with Crippen LogP contribution in [0.4, 0.5) is 4.39 Å². The predicted octanol–water partition coefficient (Wildman–Crippen LogP) is 0.734. The van der Waals surface area contributed by atoms with Gasteiger partial charge in [-0.1, -0.05) is 18.3 Å². The zero-order valence-corrected chi connectivity index (χ0v) is 11.5. The first-order valence-corrected chi connectivity index (χ1v) is 6.43. The number of likely N-dealkylation sites (N-methyl/N-ethyl adjacent to an activating group) is 1. The van der Waals surface area contributed by atoms with Crippen molar-refractivity contribution < 1.29 is 9.18 Å². The molecule has 1 saturated heterocycles. The summed E-state index contributed by atoms with van der Waals surface area (Å²) in [5.41, 5.74) is 7.00. The summed E-state index contributed by atoms with van der Waals surface area (Å²) in [5.74, 6) is -0.272. The molecule has 2 N–H and O–H groups in total. The maximum Gasteiger partial charge on any atom is 0.236 e. The summed E-state index contributed by atoms with van der Waals surface area (Å²) < 4.78 is 13.2. The van der Waals surface area contributed by atoms with Gasteiger partial charge in [0.15, 0.2) is 0 Å². The molecule has 1 aliphatic heterocycles. The first-order valence-electron chi connectivity index (χ1n) is 6.02. The van der Waals surface area contributed by atoms with Gasteiger partial charge in [0.2, 0.25) is 5.91 Å². The number of hydrogen-bond donors (Lipinski definition) is 1. The molecule has 0 saturated carbocycles. The largest absolute Gasteiger partial charge is 0.389 e. The fraction of sp³-hybridized carbons (Fsp3) is 0.385. The summed E-state index contributed by atoms with van der Waals surface area (Å²) in [6.07, 6.45) is 0. The molecule has 0 unspecified atom stereocenters. The zero-order valence-electron chi connectivity index (χ0n) is 10.7. The van der Waals surface area contributed by atoms with Gasteiger partial charge in [-0.15, -0.1) is 0 Å². The monoisotopic (exact) mass is 281 g/mol. The molecule has 1 aromatic rings. The van der Waals surface area contributed by atoms with E-state index in [-0.39, 0.29) is 16.7 Å². The fourth-order valence-corrected chi connectivity index (χ4v) is 2.29. The number of thiocarbonyl (C=S) groups is 1. The quantitative estimate of drug-likeness (QED) is 0.830. The third kappa shape index (κ3) is 3.27. The van der Waals surface area contributed by atoms with E-state index in [1.807, 2.05) is 4.90 Å². The summed E-state index contributed by atoms with van der Waals surface area (Å²) in [7, 11) is 1.79. The molecule has 6 heteroatoms. The van der Waals surface area contributed by atoms with Gasteiger partial charge in [-0.3, -0.25) is 9.69 Å². The second kappa shape index (κ2) is 5.63. The van der Waals surface area contributed by atoms with Crippen LogP contribution in [0.25, 0.3) is 0 Å². The van der Waals surface area contributed by atoms with Crippen molar-refractivity contribution in [2.24, 2.45) is 5.73 Å². The summed E-state index contributed by atoms with van der Waals surface area (Å²) in [4.78, 5) is 15.5. The molecule has 1 aliphatic rings. The number of amides is 1. The smallest absolute Gasteiger partial charge is 0.236 e. The van der Waals surface area contributed by atoms with Gasteiger partial charge in [0.05, 0.1) is 6.54 Å². The van der Waals surface area contributed by atoms with E-state index in [0.29, 0.717) is 25.2 Å². The number of benzene rings is 1. The van der Waals surface area contributed by atoms with E-state index in [0.717, 1.165) is 12.1 Å². The van der Waals surface area contributed by atoms with E-state index in [4.69, 9.17) is 18.0 Å². The number of nitrogens with zero attached hydrogens (tertiary/aromatic N) is 2. The second-order valence-electron chi connectivity index (χ2n) is 4.69. The van der Waals surface area contributed by atoms with Crippen LogP contribution in [0.2, 0.25) is 0 Å². The fourth-order valence-electron chi connectivity index (χ4n) is 2.10. The molecular formula is C13H16FN3OS. The van der Waals surface area contributed by atoms with Crippen molar-refractivity contribution in [1.82, 2.24) is 9.80 Å². The SMILES string of the molecule is CN1CCN(Cc2ccc(F)cc2C(N)=S)CC1=O. The Kier molecular flexibility index (Phi) is 4.11. The van der Waals surface area contributed by atoms with Crippen molar-refractivity contribution in [2.75, 3.05) is 26.7 Å². The van der Waals surface area contributed by atoms with Crippen LogP contribution < -0.4 is 5.73 Å². The van der Waals surface area contributed by atoms with Crippen LogP contribution in [0.15, 0.2) is 18.2 Å². The lowest BCUT2D eigenvalue weighted by molar-refractivity contribution is -0.134. The molecule has 1 fully saturated rings. The molecule has 19 heavy (non-hydrogen) atoms. The summed E-state index contributed by atoms with van der Waals surface area (Å²) in [6.45, 7) is 2.40. The van der Waals surface area contributed by atoms with E-state index < -0.39 is 0 Å². The second-order valence-corrected chi connectivity index (χ2v) is 5.13. The van der Waals surface area contributed by atoms with Crippen LogP contribution >= 0.6 is 12.2 Å². The lowest BCUT2D eigenvalue weighted by Crippen LogP contribution is -2.48. The molecule has 1 heterocycles. The Morgan fingerprint density at radius 2 is 2.21 bits per heavy atom. The number of carbonyl (C=O) groups is 1. The maximum atomic E-state index is 13.2. The number of carbonyl (C=O) groups excluding carboxylic acids is 1. The van der Waals surface area contributed by atoms with Gasteiger partial charge in [0.25, 0.3) is 0 Å². The van der Waals surface area contributed by atoms with Crippen LogP contribution in [0, 0.1) is 5.82 Å². The molecule has 0 bridgehead atoms. The molecule has 2 rings (SSSR count). The molecule has 102 valence electrons. The first kappa shape index (κ1) is 13.9. The Morgan fingerprint density at radius 3 is 2.84 bits per heavy atom. The number of piperazine rings is 1. The Balaban J connectivity index is 2.15. The van der Waals surface area contributed by atoms with E-state index in [9.17, 15) is 9.18 Å². The van der Waals surface area contributed by atoms with Gasteiger partial charge < -0.3 is 10.6 Å². The molecule has 1 aromatic carbocycles. The van der Waals surface area contributed by atoms with Gasteiger partial charge in [-0.25, -0.2) is 4.39 Å². The standard InChI is InChI=1S/C13H16FN3OS/c1-16-4-5-17(8-12(16)18)7-9-2-3-10(14)6-11(9)13(15)19/h2-3,6H,4-5,7-8H2,1H3,(H2,15,19). The molecule has 0 aromatic heterocycles. The maximum absolute atomic E-state index is 13.2. The van der Waals surface area contributed by atoms with E-state index in [2.05, 4.69) is 0 Å². The Hall–Kier alpha value is -1.53. The highest BCUT2D eigenvalue weighted by molar-refractivity contribution is 7.80. The highest BCUT2D eigenvalue weighted by Crippen LogP contribution is 2.15. The van der Waals surface area contributed by atoms with Gasteiger partial charge in [0, 0.05) is 32.2 Å². The topological polar surface area (TPSA) is 49.6 Å². The van der Waals surface area contributed by atoms with E-state index in [1.54, 1.807) is 18.0 Å². The molecule has 0 aliphatic carbocycles. The first-order chi connectivity index (χ1) is 8.97. The van der Waals surface area contributed by atoms with Crippen LogP contribution in [0.5, 0.6) is 0 Å². The molecule has 0 radical (unpaired) electrons. The van der Waals surface area contributed by atoms with Gasteiger partial charge in [0.1, 0.15) is 10.8 Å². The average molecular weight is 281 g/mol. The average Bonchev–Trinajstić information content (AvgIpc) is 2.36. The van der Waals surface area contributed by atoms with Crippen molar-refractivity contribution in [3.05, 3.63) is 35.1 Å². The summed E-state index contributed by atoms with van der Waals surface area (Å²) >= 11 is 4.94. The van der Waals surface area contributed by atoms with Crippen molar-refractivity contribution in [3.63, 3.8) is 0 Å². The third-order valence-electron chi connectivity index (χ3n) is 3.27. The molecule has 4 nitrogen and oxygen atoms in total. The van der Waals surface area contributed by atoms with Gasteiger partial charge in [-0.05, 0) is 17.7 Å². The van der Waals surface area contributed by atoms with E-state index in [1.165, 1.54) is 12.1 Å². The number of hydrogen-bond acceptors (Lipinski definition) is 3. The molecule has 0 atom stereocenters. The normalized spacial score (nSPS) is 16.7. The van der Waals surface area contributed by atoms with Crippen molar-refractivity contribution in [2.45, 2.75) is 6.54 Å². The molecule has 1 amide bonds. The number of halogens is 1. The third-order valence-corrected chi connectivity index (χ3v) is 3.49. The minimum Gasteiger partial charge on any atom is -0.389 e. The molecular weight excluding hydrogens is 265 g/mol. The predicted molar refractivity (Wildman–Crippen MR) is 75.2 cm³/mol. The molecule has 0 spiro atoms. The van der Waals surface area contributed by atoms with Crippen molar-refractivity contribution in [3.8, 4) is 0 Å². The Morgan fingerprint density at radius 1 is 1.47 bits per heavy atom. The highest BCUT2D eigenvalue weighted by Gasteiger charge is 2.21. The van der Waals surface area contributed by atoms with Crippen LogP contribution in [0.1, 0.15) is 11.1 Å². The highest BCUT2D eigenvalue weighted by atomic mass is 32.1. The Bertz CT molecular complexity index is 521. The number of nitrogens with two attached hydrogens (primary N) is 1. The van der Waals surface area contributed by atoms with Crippen LogP contribution in [0.3, 0.4) is 0 Å². The Labute approximate surface area is 117 Å². The lowest BCUT2D eigenvalue weighted by atomic mass is 10.1. The minimum absolute atomic E-state index is 0.0882. The lowest BCUT2D eigenvalue weighted by Gasteiger charge is -2.32.